The van der Waals surface area contributed by atoms with Crippen LogP contribution in [0, 0.1) is 5.82 Å². The Balaban J connectivity index is 2.13. The summed E-state index contributed by atoms with van der Waals surface area (Å²) in [6.07, 6.45) is 5.44. The molecule has 1 rings (SSSR count). The molecule has 0 unspecified atom stereocenters. The molecule has 11 heteroatoms. The van der Waals surface area contributed by atoms with Gasteiger partial charge < -0.3 is 38.0 Å². The first kappa shape index (κ1) is 31.6. The predicted octanol–water partition coefficient (Wildman–Crippen LogP) is 3.69. The lowest BCUT2D eigenvalue weighted by atomic mass is 10.2. The smallest absolute Gasteiger partial charge is 0.500 e. The van der Waals surface area contributed by atoms with Crippen molar-refractivity contribution in [3.8, 4) is 5.75 Å². The normalized spacial score (nSPS) is 11.6. The van der Waals surface area contributed by atoms with Gasteiger partial charge >= 0.3 is 14.9 Å². The van der Waals surface area contributed by atoms with E-state index < -0.39 is 26.7 Å². The van der Waals surface area contributed by atoms with Crippen molar-refractivity contribution in [1.82, 2.24) is 5.32 Å². The van der Waals surface area contributed by atoms with Crippen LogP contribution >= 0.6 is 0 Å². The summed E-state index contributed by atoms with van der Waals surface area (Å²) in [7, 11) is -2.70. The van der Waals surface area contributed by atoms with Crippen molar-refractivity contribution >= 4 is 26.9 Å². The van der Waals surface area contributed by atoms with Crippen LogP contribution in [0.3, 0.4) is 0 Å². The van der Waals surface area contributed by atoms with Crippen molar-refractivity contribution in [2.45, 2.75) is 58.9 Å². The highest BCUT2D eigenvalue weighted by atomic mass is 28.4. The molecule has 0 spiro atoms. The van der Waals surface area contributed by atoms with Gasteiger partial charge in [0.15, 0.2) is 11.6 Å². The van der Waals surface area contributed by atoms with Crippen molar-refractivity contribution in [2.24, 2.45) is 0 Å². The molecule has 0 aliphatic carbocycles. The Morgan fingerprint density at radius 2 is 1.61 bits per heavy atom. The van der Waals surface area contributed by atoms with Gasteiger partial charge in [-0.25, -0.2) is 9.18 Å². The molecule has 0 aliphatic rings. The Kier molecular flexibility index (Phi) is 16.4. The molecule has 0 atom stereocenters. The van der Waals surface area contributed by atoms with Gasteiger partial charge in [0.05, 0.1) is 19.2 Å². The number of carbonyl (C=O) groups excluding carboxylic acids is 2. The molecule has 0 aliphatic heterocycles. The van der Waals surface area contributed by atoms with Crippen LogP contribution in [0.25, 0.3) is 6.08 Å². The average Bonchev–Trinajstić information content (AvgIpc) is 2.83. The Hall–Kier alpha value is -2.47. The fraction of sp³-hybridized carbons (Fsp3) is 0.600. The number of rotatable bonds is 20. The summed E-state index contributed by atoms with van der Waals surface area (Å²) >= 11 is 0. The number of alkyl carbamates (subject to hydrolysis) is 1. The minimum Gasteiger partial charge on any atom is -0.545 e. The molecule has 0 saturated heterocycles. The highest BCUT2D eigenvalue weighted by molar-refractivity contribution is 6.60. The number of carboxylic acid groups (broad SMARTS) is 1. The number of aliphatic carboxylic acids is 1. The molecule has 36 heavy (non-hydrogen) atoms. The third-order valence-electron chi connectivity index (χ3n) is 4.92. The van der Waals surface area contributed by atoms with E-state index in [2.05, 4.69) is 5.32 Å². The van der Waals surface area contributed by atoms with E-state index >= 15 is 0 Å². The van der Waals surface area contributed by atoms with Crippen molar-refractivity contribution in [3.63, 3.8) is 0 Å². The van der Waals surface area contributed by atoms with E-state index in [1.807, 2.05) is 20.8 Å². The van der Waals surface area contributed by atoms with Crippen LogP contribution in [0.4, 0.5) is 9.18 Å². The van der Waals surface area contributed by atoms with Crippen LogP contribution in [-0.4, -0.2) is 60.4 Å². The van der Waals surface area contributed by atoms with Crippen LogP contribution in [0.2, 0.25) is 6.04 Å². The zero-order valence-corrected chi connectivity index (χ0v) is 22.5. The maximum atomic E-state index is 14.0. The highest BCUT2D eigenvalue weighted by Crippen LogP contribution is 2.20. The second kappa shape index (κ2) is 18.7. The van der Waals surface area contributed by atoms with Gasteiger partial charge in [0.1, 0.15) is 0 Å². The topological polar surface area (TPSA) is 115 Å². The number of carbonyl (C=O) groups is 2. The molecule has 0 bridgehead atoms. The number of unbranched alkanes of at least 4 members (excludes halogenated alkanes) is 3. The summed E-state index contributed by atoms with van der Waals surface area (Å²) in [5.41, 5.74) is 0.407. The van der Waals surface area contributed by atoms with Gasteiger partial charge in [0, 0.05) is 32.4 Å². The minimum atomic E-state index is -2.70. The Morgan fingerprint density at radius 3 is 2.19 bits per heavy atom. The molecule has 1 N–H and O–H groups in total. The molecule has 1 aromatic carbocycles. The van der Waals surface area contributed by atoms with Gasteiger partial charge in [-0.05, 0) is 76.6 Å². The minimum absolute atomic E-state index is 0.115. The van der Waals surface area contributed by atoms with Crippen molar-refractivity contribution in [2.75, 3.05) is 39.6 Å². The van der Waals surface area contributed by atoms with Gasteiger partial charge in [-0.15, -0.1) is 0 Å². The molecular formula is C25H39FNO8Si-. The van der Waals surface area contributed by atoms with Crippen LogP contribution in [0.15, 0.2) is 24.3 Å². The van der Waals surface area contributed by atoms with E-state index in [4.69, 9.17) is 22.8 Å². The van der Waals surface area contributed by atoms with Gasteiger partial charge in [-0.3, -0.25) is 0 Å². The van der Waals surface area contributed by atoms with Crippen LogP contribution in [0.5, 0.6) is 5.75 Å². The number of hydrogen-bond donors (Lipinski definition) is 1. The number of nitrogens with one attached hydrogen (secondary N) is 1. The molecule has 1 aromatic rings. The molecule has 204 valence electrons. The van der Waals surface area contributed by atoms with E-state index in [0.717, 1.165) is 31.8 Å². The summed E-state index contributed by atoms with van der Waals surface area (Å²) in [6, 6.07) is 4.85. The summed E-state index contributed by atoms with van der Waals surface area (Å²) < 4.78 is 42.0. The Morgan fingerprint density at radius 1 is 0.972 bits per heavy atom. The van der Waals surface area contributed by atoms with Gasteiger partial charge in [0.2, 0.25) is 0 Å². The molecule has 9 nitrogen and oxygen atoms in total. The number of carboxylic acids is 1. The lowest BCUT2D eigenvalue weighted by Crippen LogP contribution is -2.46. The molecule has 0 heterocycles. The first-order chi connectivity index (χ1) is 17.4. The van der Waals surface area contributed by atoms with Gasteiger partial charge in [-0.2, -0.15) is 0 Å². The average molecular weight is 529 g/mol. The van der Waals surface area contributed by atoms with Crippen molar-refractivity contribution in [1.29, 1.82) is 0 Å². The second-order valence-corrected chi connectivity index (χ2v) is 10.5. The van der Waals surface area contributed by atoms with Crippen molar-refractivity contribution in [3.05, 3.63) is 35.7 Å². The fourth-order valence-corrected chi connectivity index (χ4v) is 5.97. The van der Waals surface area contributed by atoms with Gasteiger partial charge in [-0.1, -0.05) is 12.1 Å². The maximum absolute atomic E-state index is 14.0. The lowest BCUT2D eigenvalue weighted by Gasteiger charge is -2.28. The summed E-state index contributed by atoms with van der Waals surface area (Å²) in [5.74, 6) is -1.79. The SMILES string of the molecule is CCO[Si](CCCNC(=O)OCCCCCCOc1ccc(/C=C/C(=O)[O-])cc1F)(OCC)OCC. The third kappa shape index (κ3) is 13.6. The fourth-order valence-electron chi connectivity index (χ4n) is 3.35. The van der Waals surface area contributed by atoms with E-state index in [1.54, 1.807) is 6.07 Å². The number of benzene rings is 1. The monoisotopic (exact) mass is 528 g/mol. The summed E-state index contributed by atoms with van der Waals surface area (Å²) in [6.45, 7) is 8.39. The largest absolute Gasteiger partial charge is 0.545 e. The molecule has 0 saturated carbocycles. The standard InChI is InChI=1S/C25H40FNO8Si/c1-4-33-36(34-5-2,35-6-3)19-11-16-27-25(30)32-18-10-8-7-9-17-31-23-14-12-21(20-22(23)26)13-15-24(28)29/h12-15,20H,4-11,16-19H2,1-3H3,(H,27,30)(H,28,29)/p-1/b15-13+. The predicted molar refractivity (Wildman–Crippen MR) is 134 cm³/mol. The van der Waals surface area contributed by atoms with E-state index in [0.29, 0.717) is 57.6 Å². The zero-order chi connectivity index (χ0) is 26.7. The van der Waals surface area contributed by atoms with Crippen LogP contribution in [-0.2, 0) is 22.8 Å². The number of ether oxygens (including phenoxy) is 2. The number of amides is 1. The first-order valence-corrected chi connectivity index (χ1v) is 14.4. The summed E-state index contributed by atoms with van der Waals surface area (Å²) in [5, 5.41) is 13.1. The Labute approximate surface area is 214 Å². The number of hydrogen-bond acceptors (Lipinski definition) is 8. The van der Waals surface area contributed by atoms with Crippen LogP contribution < -0.4 is 15.2 Å². The maximum Gasteiger partial charge on any atom is 0.500 e. The number of halogens is 1. The van der Waals surface area contributed by atoms with E-state index in [9.17, 15) is 19.1 Å². The lowest BCUT2D eigenvalue weighted by molar-refractivity contribution is -0.297. The highest BCUT2D eigenvalue weighted by Gasteiger charge is 2.39. The first-order valence-electron chi connectivity index (χ1n) is 12.5. The van der Waals surface area contributed by atoms with E-state index in [-0.39, 0.29) is 5.75 Å². The van der Waals surface area contributed by atoms with Crippen LogP contribution in [0.1, 0.15) is 58.4 Å². The quantitative estimate of drug-likeness (QED) is 0.155. The summed E-state index contributed by atoms with van der Waals surface area (Å²) in [4.78, 5) is 22.3. The van der Waals surface area contributed by atoms with E-state index in [1.165, 1.54) is 18.2 Å². The van der Waals surface area contributed by atoms with Gasteiger partial charge in [0.25, 0.3) is 0 Å². The zero-order valence-electron chi connectivity index (χ0n) is 21.5. The molecule has 0 fully saturated rings. The second-order valence-electron chi connectivity index (χ2n) is 7.75. The third-order valence-corrected chi connectivity index (χ3v) is 8.07. The molecule has 0 radical (unpaired) electrons. The van der Waals surface area contributed by atoms with Crippen molar-refractivity contribution < 1.29 is 41.8 Å². The molecule has 1 amide bonds. The Bertz CT molecular complexity index is 791. The molecular weight excluding hydrogens is 489 g/mol. The molecule has 0 aromatic heterocycles.